The number of hydrogen-bond donors (Lipinski definition) is 1. The van der Waals surface area contributed by atoms with Gasteiger partial charge in [-0.2, -0.15) is 0 Å². The van der Waals surface area contributed by atoms with Gasteiger partial charge in [-0.3, -0.25) is 14.2 Å². The molecule has 9 nitrogen and oxygen atoms in total. The molecule has 74 heavy (non-hydrogen) atoms. The summed E-state index contributed by atoms with van der Waals surface area (Å²) in [6.45, 7) is 6.71. The molecule has 0 saturated heterocycles. The highest BCUT2D eigenvalue weighted by atomic mass is 31.2. The molecule has 0 aliphatic rings. The maximum atomic E-state index is 13.5. The molecular formula is C64H117N2O7P. The Kier molecular flexibility index (Phi) is 52.0. The third-order valence-corrected chi connectivity index (χ3v) is 14.4. The fraction of sp³-hybridized carbons (Fsp3) is 0.781. The second-order valence-corrected chi connectivity index (χ2v) is 23.2. The van der Waals surface area contributed by atoms with E-state index in [1.165, 1.54) is 154 Å². The first-order valence-electron chi connectivity index (χ1n) is 30.7. The minimum Gasteiger partial charge on any atom is -0.756 e. The van der Waals surface area contributed by atoms with Gasteiger partial charge in [0, 0.05) is 12.8 Å². The Morgan fingerprint density at radius 2 is 0.878 bits per heavy atom. The summed E-state index contributed by atoms with van der Waals surface area (Å²) in [6, 6.07) is -0.911. The van der Waals surface area contributed by atoms with E-state index in [-0.39, 0.29) is 18.9 Å². The molecule has 0 aliphatic carbocycles. The first-order chi connectivity index (χ1) is 35.9. The molecule has 0 heterocycles. The molecule has 0 aliphatic heterocycles. The highest BCUT2D eigenvalue weighted by Gasteiger charge is 2.27. The van der Waals surface area contributed by atoms with Crippen LogP contribution in [0.4, 0.5) is 0 Å². The van der Waals surface area contributed by atoms with Crippen LogP contribution in [0.2, 0.25) is 0 Å². The van der Waals surface area contributed by atoms with Crippen molar-refractivity contribution in [3.05, 3.63) is 72.9 Å². The number of hydrogen-bond acceptors (Lipinski definition) is 7. The van der Waals surface area contributed by atoms with Gasteiger partial charge in [0.2, 0.25) is 5.91 Å². The molecule has 0 aromatic carbocycles. The normalized spacial score (nSPS) is 14.2. The van der Waals surface area contributed by atoms with Crippen molar-refractivity contribution in [2.75, 3.05) is 40.9 Å². The lowest BCUT2D eigenvalue weighted by molar-refractivity contribution is -0.870. The summed E-state index contributed by atoms with van der Waals surface area (Å²) in [4.78, 5) is 39.9. The zero-order valence-electron chi connectivity index (χ0n) is 49.0. The lowest BCUT2D eigenvalue weighted by Crippen LogP contribution is -2.47. The summed E-state index contributed by atoms with van der Waals surface area (Å²) in [5.74, 6) is -0.603. The molecule has 0 aromatic rings. The first-order valence-corrected chi connectivity index (χ1v) is 32.2. The SMILES string of the molecule is CC/C=C\C/C=C\C/C=C\C/C=C\C/C=C\CCCC(=O)OC(/C=C/CCCCCCCCCCCC)C(COP(=O)([O-])OCC[N+](C)(C)C)NC(=O)CCCCCCCCCCCCCCCCCCCCC. The molecule has 0 radical (unpaired) electrons. The summed E-state index contributed by atoms with van der Waals surface area (Å²) in [5.41, 5.74) is 0. The predicted octanol–water partition coefficient (Wildman–Crippen LogP) is 18.2. The number of phosphoric ester groups is 1. The number of quaternary nitrogens is 1. The number of ether oxygens (including phenoxy) is 1. The van der Waals surface area contributed by atoms with Crippen LogP contribution in [0.25, 0.3) is 0 Å². The summed E-state index contributed by atoms with van der Waals surface area (Å²) in [6.07, 6.45) is 68.8. The summed E-state index contributed by atoms with van der Waals surface area (Å²) in [5, 5.41) is 3.02. The van der Waals surface area contributed by atoms with Gasteiger partial charge in [-0.05, 0) is 70.3 Å². The highest BCUT2D eigenvalue weighted by molar-refractivity contribution is 7.45. The number of amides is 1. The fourth-order valence-electron chi connectivity index (χ4n) is 8.68. The summed E-state index contributed by atoms with van der Waals surface area (Å²) < 4.78 is 30.2. The second-order valence-electron chi connectivity index (χ2n) is 21.8. The highest BCUT2D eigenvalue weighted by Crippen LogP contribution is 2.38. The molecule has 0 aromatic heterocycles. The van der Waals surface area contributed by atoms with Gasteiger partial charge in [0.1, 0.15) is 19.3 Å². The van der Waals surface area contributed by atoms with E-state index in [9.17, 15) is 19.0 Å². The van der Waals surface area contributed by atoms with Gasteiger partial charge in [0.05, 0.1) is 33.8 Å². The van der Waals surface area contributed by atoms with Crippen LogP contribution in [0.3, 0.4) is 0 Å². The lowest BCUT2D eigenvalue weighted by Gasteiger charge is -2.30. The number of unbranched alkanes of at least 4 members (excludes halogenated alkanes) is 29. The van der Waals surface area contributed by atoms with Gasteiger partial charge in [-0.1, -0.05) is 261 Å². The largest absolute Gasteiger partial charge is 0.756 e. The Morgan fingerprint density at radius 3 is 1.31 bits per heavy atom. The molecule has 0 saturated carbocycles. The van der Waals surface area contributed by atoms with Crippen molar-refractivity contribution in [2.24, 2.45) is 0 Å². The van der Waals surface area contributed by atoms with Crippen molar-refractivity contribution in [3.63, 3.8) is 0 Å². The Labute approximate surface area is 457 Å². The van der Waals surface area contributed by atoms with Crippen molar-refractivity contribution >= 4 is 19.7 Å². The van der Waals surface area contributed by atoms with E-state index in [2.05, 4.69) is 86.8 Å². The van der Waals surface area contributed by atoms with E-state index in [4.69, 9.17) is 13.8 Å². The number of nitrogens with one attached hydrogen (secondary N) is 1. The van der Waals surface area contributed by atoms with Crippen LogP contribution in [0.1, 0.15) is 271 Å². The molecule has 3 unspecified atom stereocenters. The van der Waals surface area contributed by atoms with Crippen LogP contribution in [-0.4, -0.2) is 69.4 Å². The number of esters is 1. The van der Waals surface area contributed by atoms with E-state index in [1.807, 2.05) is 33.3 Å². The molecule has 0 fully saturated rings. The molecule has 0 bridgehead atoms. The van der Waals surface area contributed by atoms with Crippen molar-refractivity contribution in [1.29, 1.82) is 0 Å². The van der Waals surface area contributed by atoms with Gasteiger partial charge in [0.25, 0.3) is 7.82 Å². The van der Waals surface area contributed by atoms with Crippen LogP contribution < -0.4 is 10.2 Å². The Morgan fingerprint density at radius 1 is 0.486 bits per heavy atom. The molecule has 0 spiro atoms. The third kappa shape index (κ3) is 54.2. The molecule has 1 N–H and O–H groups in total. The minimum absolute atomic E-state index is 0.0320. The lowest BCUT2D eigenvalue weighted by atomic mass is 10.0. The zero-order valence-corrected chi connectivity index (χ0v) is 49.9. The average Bonchev–Trinajstić information content (AvgIpc) is 3.36. The van der Waals surface area contributed by atoms with Crippen molar-refractivity contribution in [2.45, 2.75) is 283 Å². The predicted molar refractivity (Wildman–Crippen MR) is 316 cm³/mol. The van der Waals surface area contributed by atoms with Gasteiger partial charge < -0.3 is 28.5 Å². The van der Waals surface area contributed by atoms with Crippen LogP contribution >= 0.6 is 7.82 Å². The Hall–Kier alpha value is -2.55. The average molecular weight is 1060 g/mol. The number of carbonyl (C=O) groups excluding carboxylic acids is 2. The third-order valence-electron chi connectivity index (χ3n) is 13.4. The van der Waals surface area contributed by atoms with E-state index < -0.39 is 32.5 Å². The Bertz CT molecular complexity index is 1500. The van der Waals surface area contributed by atoms with Gasteiger partial charge >= 0.3 is 5.97 Å². The number of carbonyl (C=O) groups is 2. The van der Waals surface area contributed by atoms with Crippen molar-refractivity contribution < 1.29 is 37.3 Å². The van der Waals surface area contributed by atoms with Gasteiger partial charge in [0.15, 0.2) is 0 Å². The molecule has 3 atom stereocenters. The van der Waals surface area contributed by atoms with Crippen LogP contribution in [-0.2, 0) is 27.9 Å². The number of phosphoric acid groups is 1. The maximum Gasteiger partial charge on any atom is 0.306 e. The fourth-order valence-corrected chi connectivity index (χ4v) is 9.40. The smallest absolute Gasteiger partial charge is 0.306 e. The minimum atomic E-state index is -4.71. The van der Waals surface area contributed by atoms with Gasteiger partial charge in [-0.25, -0.2) is 0 Å². The van der Waals surface area contributed by atoms with Crippen LogP contribution in [0, 0.1) is 0 Å². The van der Waals surface area contributed by atoms with E-state index in [1.54, 1.807) is 0 Å². The number of nitrogens with zero attached hydrogens (tertiary/aromatic N) is 1. The molecule has 0 rings (SSSR count). The summed E-state index contributed by atoms with van der Waals surface area (Å²) in [7, 11) is 1.16. The van der Waals surface area contributed by atoms with E-state index in [0.29, 0.717) is 23.9 Å². The summed E-state index contributed by atoms with van der Waals surface area (Å²) >= 11 is 0. The number of rotatable bonds is 55. The molecule has 10 heteroatoms. The van der Waals surface area contributed by atoms with Crippen LogP contribution in [0.5, 0.6) is 0 Å². The topological polar surface area (TPSA) is 114 Å². The second kappa shape index (κ2) is 53.8. The molecule has 430 valence electrons. The quantitative estimate of drug-likeness (QED) is 0.0212. The molecular weight excluding hydrogens is 940 g/mol. The number of likely N-dealkylation sites (N-methyl/N-ethyl adjacent to an activating group) is 1. The standard InChI is InChI=1S/C64H117N2O7P/c1-7-10-13-16-19-22-25-28-30-32-33-35-36-38-41-44-47-50-53-56-63(67)65-61(60-72-74(69,70)71-59-58-66(4,5)6)62(55-52-49-46-43-40-27-24-21-18-15-12-9-3)73-64(68)57-54-51-48-45-42-39-37-34-31-29-26-23-20-17-14-11-8-2/h11,14,20,23,29,31,37,39,45,48,52,55,61-62H,7-10,12-13,15-19,21-22,24-28,30,32-36,38,40-44,46-47,49-51,53-54,56-60H2,1-6H3,(H-,65,67,69,70)/b14-11-,23-20-,31-29-,39-37-,48-45-,55-52+. The molecule has 1 amide bonds. The monoisotopic (exact) mass is 1060 g/mol. The van der Waals surface area contributed by atoms with Crippen LogP contribution in [0.15, 0.2) is 72.9 Å². The first kappa shape index (κ1) is 71.5. The van der Waals surface area contributed by atoms with E-state index >= 15 is 0 Å². The zero-order chi connectivity index (χ0) is 54.3. The Balaban J connectivity index is 5.33. The van der Waals surface area contributed by atoms with Crippen molar-refractivity contribution in [1.82, 2.24) is 5.32 Å². The van der Waals surface area contributed by atoms with E-state index in [0.717, 1.165) is 77.0 Å². The van der Waals surface area contributed by atoms with Gasteiger partial charge in [-0.15, -0.1) is 0 Å². The van der Waals surface area contributed by atoms with Crippen molar-refractivity contribution in [3.8, 4) is 0 Å². The number of allylic oxidation sites excluding steroid dienone is 11. The maximum absolute atomic E-state index is 13.5.